The summed E-state index contributed by atoms with van der Waals surface area (Å²) in [6.45, 7) is 2.32. The van der Waals surface area contributed by atoms with Crippen LogP contribution < -0.4 is 4.74 Å². The lowest BCUT2D eigenvalue weighted by Crippen LogP contribution is -2.27. The van der Waals surface area contributed by atoms with Crippen LogP contribution in [0.2, 0.25) is 10.0 Å². The fraction of sp³-hybridized carbons (Fsp3) is 0.455. The Bertz CT molecular complexity index is 531. The van der Waals surface area contributed by atoms with Gasteiger partial charge in [0.15, 0.2) is 0 Å². The van der Waals surface area contributed by atoms with Crippen molar-refractivity contribution >= 4 is 33.2 Å². The van der Waals surface area contributed by atoms with E-state index in [2.05, 4.69) is 0 Å². The van der Waals surface area contributed by atoms with Crippen LogP contribution in [-0.4, -0.2) is 33.4 Å². The van der Waals surface area contributed by atoms with Gasteiger partial charge in [-0.05, 0) is 12.5 Å². The maximum absolute atomic E-state index is 12.2. The highest BCUT2D eigenvalue weighted by molar-refractivity contribution is 7.89. The molecule has 7 heteroatoms. The monoisotopic (exact) mass is 311 g/mol. The molecular formula is C11H15Cl2NO3S. The fourth-order valence-electron chi connectivity index (χ4n) is 1.47. The first-order chi connectivity index (χ1) is 8.34. The molecule has 0 aliphatic heterocycles. The van der Waals surface area contributed by atoms with Gasteiger partial charge >= 0.3 is 0 Å². The van der Waals surface area contributed by atoms with E-state index in [0.717, 1.165) is 6.42 Å². The molecule has 0 saturated carbocycles. The summed E-state index contributed by atoms with van der Waals surface area (Å²) in [5.41, 5.74) is 0. The molecule has 0 aliphatic carbocycles. The van der Waals surface area contributed by atoms with Crippen LogP contribution in [0, 0.1) is 0 Å². The number of nitrogens with zero attached hydrogens (tertiary/aromatic N) is 1. The standard InChI is InChI=1S/C11H15Cl2NO3S/c1-4-5-14(2)18(15,16)11-7-8(12)10(17-3)6-9(11)13/h6-7H,4-5H2,1-3H3. The lowest BCUT2D eigenvalue weighted by atomic mass is 10.3. The Balaban J connectivity index is 3.29. The Morgan fingerprint density at radius 3 is 2.39 bits per heavy atom. The lowest BCUT2D eigenvalue weighted by molar-refractivity contribution is 0.414. The maximum atomic E-state index is 12.2. The molecule has 0 fully saturated rings. The van der Waals surface area contributed by atoms with Gasteiger partial charge in [-0.25, -0.2) is 12.7 Å². The number of rotatable bonds is 5. The van der Waals surface area contributed by atoms with Crippen molar-refractivity contribution in [2.24, 2.45) is 0 Å². The van der Waals surface area contributed by atoms with Crippen molar-refractivity contribution < 1.29 is 13.2 Å². The molecule has 0 N–H and O–H groups in total. The lowest BCUT2D eigenvalue weighted by Gasteiger charge is -2.17. The average molecular weight is 312 g/mol. The van der Waals surface area contributed by atoms with Crippen LogP contribution in [0.25, 0.3) is 0 Å². The molecule has 0 unspecified atom stereocenters. The van der Waals surface area contributed by atoms with Gasteiger partial charge in [0.2, 0.25) is 10.0 Å². The van der Waals surface area contributed by atoms with Crippen molar-refractivity contribution in [2.45, 2.75) is 18.2 Å². The van der Waals surface area contributed by atoms with Crippen molar-refractivity contribution in [2.75, 3.05) is 20.7 Å². The number of sulfonamides is 1. The molecule has 0 heterocycles. The molecule has 0 atom stereocenters. The van der Waals surface area contributed by atoms with Crippen molar-refractivity contribution in [1.29, 1.82) is 0 Å². The summed E-state index contributed by atoms with van der Waals surface area (Å²) >= 11 is 11.9. The highest BCUT2D eigenvalue weighted by Crippen LogP contribution is 2.34. The van der Waals surface area contributed by atoms with E-state index in [1.165, 1.54) is 30.6 Å². The number of hydrogen-bond acceptors (Lipinski definition) is 3. The molecule has 1 aromatic rings. The third-order valence-electron chi connectivity index (χ3n) is 2.43. The van der Waals surface area contributed by atoms with Gasteiger partial charge in [0.25, 0.3) is 0 Å². The number of benzene rings is 1. The number of hydrogen-bond donors (Lipinski definition) is 0. The van der Waals surface area contributed by atoms with Gasteiger partial charge in [-0.15, -0.1) is 0 Å². The molecule has 0 saturated heterocycles. The minimum atomic E-state index is -3.62. The Labute approximate surface area is 117 Å². The molecular weight excluding hydrogens is 297 g/mol. The molecule has 0 amide bonds. The van der Waals surface area contributed by atoms with E-state index < -0.39 is 10.0 Å². The SMILES string of the molecule is CCCN(C)S(=O)(=O)c1cc(Cl)c(OC)cc1Cl. The quantitative estimate of drug-likeness (QED) is 0.839. The smallest absolute Gasteiger partial charge is 0.244 e. The molecule has 1 rings (SSSR count). The molecule has 18 heavy (non-hydrogen) atoms. The molecule has 0 aromatic heterocycles. The van der Waals surface area contributed by atoms with Crippen LogP contribution in [0.15, 0.2) is 17.0 Å². The van der Waals surface area contributed by atoms with Crippen LogP contribution in [0.3, 0.4) is 0 Å². The fourth-order valence-corrected chi connectivity index (χ4v) is 3.55. The minimum absolute atomic E-state index is 0.00841. The van der Waals surface area contributed by atoms with Crippen LogP contribution >= 0.6 is 23.2 Å². The van der Waals surface area contributed by atoms with Crippen LogP contribution in [0.5, 0.6) is 5.75 Å². The van der Waals surface area contributed by atoms with E-state index in [0.29, 0.717) is 12.3 Å². The van der Waals surface area contributed by atoms with E-state index in [-0.39, 0.29) is 14.9 Å². The Morgan fingerprint density at radius 1 is 1.28 bits per heavy atom. The number of ether oxygens (including phenoxy) is 1. The van der Waals surface area contributed by atoms with Gasteiger partial charge in [-0.3, -0.25) is 0 Å². The zero-order valence-electron chi connectivity index (χ0n) is 10.4. The summed E-state index contributed by atoms with van der Waals surface area (Å²) < 4.78 is 30.7. The third-order valence-corrected chi connectivity index (χ3v) is 5.05. The largest absolute Gasteiger partial charge is 0.495 e. The highest BCUT2D eigenvalue weighted by atomic mass is 35.5. The highest BCUT2D eigenvalue weighted by Gasteiger charge is 2.24. The maximum Gasteiger partial charge on any atom is 0.244 e. The summed E-state index contributed by atoms with van der Waals surface area (Å²) in [4.78, 5) is -0.00841. The zero-order chi connectivity index (χ0) is 13.9. The van der Waals surface area contributed by atoms with E-state index in [9.17, 15) is 8.42 Å². The van der Waals surface area contributed by atoms with Gasteiger partial charge in [0.05, 0.1) is 17.2 Å². The molecule has 4 nitrogen and oxygen atoms in total. The summed E-state index contributed by atoms with van der Waals surface area (Å²) in [5, 5.41) is 0.310. The van der Waals surface area contributed by atoms with Gasteiger partial charge in [0, 0.05) is 19.7 Å². The number of halogens is 2. The Morgan fingerprint density at radius 2 is 1.89 bits per heavy atom. The summed E-state index contributed by atoms with van der Waals surface area (Å²) in [5.74, 6) is 0.346. The Kier molecular flexibility index (Phi) is 5.28. The second-order valence-corrected chi connectivity index (χ2v) is 6.57. The molecule has 0 aliphatic rings. The Hall–Kier alpha value is -0.490. The van der Waals surface area contributed by atoms with Crippen molar-refractivity contribution in [1.82, 2.24) is 4.31 Å². The van der Waals surface area contributed by atoms with Crippen molar-refractivity contribution in [3.63, 3.8) is 0 Å². The summed E-state index contributed by atoms with van der Waals surface area (Å²) in [6, 6.07) is 2.71. The molecule has 0 bridgehead atoms. The van der Waals surface area contributed by atoms with Crippen molar-refractivity contribution in [3.05, 3.63) is 22.2 Å². The van der Waals surface area contributed by atoms with Crippen LogP contribution in [0.1, 0.15) is 13.3 Å². The van der Waals surface area contributed by atoms with E-state index in [4.69, 9.17) is 27.9 Å². The van der Waals surface area contributed by atoms with Gasteiger partial charge < -0.3 is 4.74 Å². The van der Waals surface area contributed by atoms with E-state index >= 15 is 0 Å². The first-order valence-corrected chi connectivity index (χ1v) is 7.53. The molecule has 102 valence electrons. The topological polar surface area (TPSA) is 46.6 Å². The number of methoxy groups -OCH3 is 1. The van der Waals surface area contributed by atoms with E-state index in [1.807, 2.05) is 6.92 Å². The average Bonchev–Trinajstić information content (AvgIpc) is 2.31. The van der Waals surface area contributed by atoms with Crippen LogP contribution in [-0.2, 0) is 10.0 Å². The predicted molar refractivity (Wildman–Crippen MR) is 73.1 cm³/mol. The second-order valence-electron chi connectivity index (χ2n) is 3.74. The molecule has 1 aromatic carbocycles. The normalized spacial score (nSPS) is 11.9. The van der Waals surface area contributed by atoms with Crippen molar-refractivity contribution in [3.8, 4) is 5.75 Å². The molecule has 0 radical (unpaired) electrons. The second kappa shape index (κ2) is 6.10. The first kappa shape index (κ1) is 15.6. The third kappa shape index (κ3) is 3.09. The first-order valence-electron chi connectivity index (χ1n) is 5.34. The summed E-state index contributed by atoms with van der Waals surface area (Å²) in [6.07, 6.45) is 0.719. The summed E-state index contributed by atoms with van der Waals surface area (Å²) in [7, 11) is -0.671. The minimum Gasteiger partial charge on any atom is -0.495 e. The zero-order valence-corrected chi connectivity index (χ0v) is 12.7. The van der Waals surface area contributed by atoms with Gasteiger partial charge in [0.1, 0.15) is 10.6 Å². The predicted octanol–water partition coefficient (Wildman–Crippen LogP) is 3.03. The van der Waals surface area contributed by atoms with Crippen LogP contribution in [0.4, 0.5) is 0 Å². The van der Waals surface area contributed by atoms with Gasteiger partial charge in [-0.1, -0.05) is 30.1 Å². The van der Waals surface area contributed by atoms with E-state index in [1.54, 1.807) is 0 Å². The molecule has 0 spiro atoms. The van der Waals surface area contributed by atoms with Gasteiger partial charge in [-0.2, -0.15) is 0 Å².